The summed E-state index contributed by atoms with van der Waals surface area (Å²) in [5.74, 6) is -2.71. The van der Waals surface area contributed by atoms with Crippen LogP contribution in [0.25, 0.3) is 11.4 Å². The molecule has 0 spiro atoms. The van der Waals surface area contributed by atoms with Crippen molar-refractivity contribution in [3.8, 4) is 11.4 Å². The van der Waals surface area contributed by atoms with Gasteiger partial charge in [0.15, 0.2) is 11.9 Å². The summed E-state index contributed by atoms with van der Waals surface area (Å²) in [6, 6.07) is 13.3. The monoisotopic (exact) mass is 577 g/mol. The Morgan fingerprint density at radius 3 is 2.43 bits per heavy atom. The van der Waals surface area contributed by atoms with Gasteiger partial charge in [-0.25, -0.2) is 4.79 Å². The molecule has 2 saturated heterocycles. The van der Waals surface area contributed by atoms with Crippen molar-refractivity contribution in [1.82, 2.24) is 15.0 Å². The summed E-state index contributed by atoms with van der Waals surface area (Å²) in [7, 11) is 0. The Kier molecular flexibility index (Phi) is 8.20. The first-order chi connectivity index (χ1) is 20.1. The van der Waals surface area contributed by atoms with Crippen LogP contribution in [-0.4, -0.2) is 76.2 Å². The van der Waals surface area contributed by atoms with Gasteiger partial charge in [-0.2, -0.15) is 0 Å². The van der Waals surface area contributed by atoms with Crippen molar-refractivity contribution in [2.45, 2.75) is 57.9 Å². The molecule has 42 heavy (non-hydrogen) atoms. The van der Waals surface area contributed by atoms with Gasteiger partial charge >= 0.3 is 11.7 Å². The smallest absolute Gasteiger partial charge is 0.439 e. The molecule has 0 bridgehead atoms. The average Bonchev–Trinajstić information content (AvgIpc) is 3.56. The molecule has 2 aromatic carbocycles. The van der Waals surface area contributed by atoms with Crippen molar-refractivity contribution >= 4 is 35.1 Å². The van der Waals surface area contributed by atoms with Crippen LogP contribution in [0.4, 0.5) is 11.4 Å². The molecule has 3 heterocycles. The number of hydrogen-bond acceptors (Lipinski definition) is 9. The minimum atomic E-state index is -1.58. The zero-order chi connectivity index (χ0) is 30.0. The molecule has 4 atom stereocenters. The van der Waals surface area contributed by atoms with Gasteiger partial charge in [-0.3, -0.25) is 28.7 Å². The van der Waals surface area contributed by atoms with Crippen molar-refractivity contribution in [3.05, 3.63) is 64.6 Å². The van der Waals surface area contributed by atoms with E-state index in [1.54, 1.807) is 48.5 Å². The van der Waals surface area contributed by atoms with Gasteiger partial charge in [-0.1, -0.05) is 11.2 Å². The van der Waals surface area contributed by atoms with Crippen LogP contribution < -0.4 is 16.0 Å². The molecule has 5 rings (SSSR count). The molecule has 0 aliphatic carbocycles. The highest BCUT2D eigenvalue weighted by Gasteiger charge is 2.43. The molecule has 3 aromatic rings. The van der Waals surface area contributed by atoms with Gasteiger partial charge in [0.1, 0.15) is 0 Å². The lowest BCUT2D eigenvalue weighted by Gasteiger charge is -2.35. The van der Waals surface area contributed by atoms with Crippen LogP contribution in [0.3, 0.4) is 0 Å². The maximum atomic E-state index is 13.6. The highest BCUT2D eigenvalue weighted by Crippen LogP contribution is 2.28. The van der Waals surface area contributed by atoms with Crippen molar-refractivity contribution in [2.24, 2.45) is 0 Å². The number of amides is 3. The Bertz CT molecular complexity index is 1540. The number of likely N-dealkylation sites (tertiary alicyclic amines) is 1. The molecular formula is C29H31N5O8. The van der Waals surface area contributed by atoms with Gasteiger partial charge in [0.25, 0.3) is 17.7 Å². The number of ether oxygens (including phenoxy) is 2. The first kappa shape index (κ1) is 28.7. The maximum absolute atomic E-state index is 13.6. The Morgan fingerprint density at radius 1 is 1.07 bits per heavy atom. The number of aromatic nitrogens is 2. The fraction of sp³-hybridized carbons (Fsp3) is 0.379. The topological polar surface area (TPSA) is 164 Å². The van der Waals surface area contributed by atoms with E-state index in [4.69, 9.17) is 9.47 Å². The van der Waals surface area contributed by atoms with Gasteiger partial charge in [0.05, 0.1) is 6.61 Å². The number of hydrogen-bond donors (Lipinski definition) is 2. The van der Waals surface area contributed by atoms with Gasteiger partial charge < -0.3 is 24.6 Å². The fourth-order valence-corrected chi connectivity index (χ4v) is 5.34. The van der Waals surface area contributed by atoms with E-state index in [0.29, 0.717) is 22.5 Å². The van der Waals surface area contributed by atoms with Gasteiger partial charge in [-0.05, 0) is 69.2 Å². The van der Waals surface area contributed by atoms with Gasteiger partial charge in [0, 0.05) is 48.1 Å². The minimum Gasteiger partial charge on any atom is -0.449 e. The fourth-order valence-electron chi connectivity index (χ4n) is 5.34. The minimum absolute atomic E-state index is 0.0738. The van der Waals surface area contributed by atoms with E-state index in [2.05, 4.69) is 20.0 Å². The second-order valence-electron chi connectivity index (χ2n) is 10.4. The molecule has 220 valence electrons. The standard InChI is InChI=1S/C29H31N5O8/c1-16-7-8-17(2)34(16)27(37)20-5-4-6-22(15-20)33-13-14-40-24(28(33)38)23(41-18(3)35)26(36)30-21-11-9-19(10-12-21)25-31-29(39)42-32-25/h4-6,9-12,15-17,23-24H,7-8,13-14H2,1-3H3,(H,30,36)(H,31,32,39)/t16-,17-,23-,24-/m1/s1. The van der Waals surface area contributed by atoms with Crippen molar-refractivity contribution in [2.75, 3.05) is 23.4 Å². The molecule has 2 fully saturated rings. The van der Waals surface area contributed by atoms with E-state index >= 15 is 0 Å². The zero-order valence-electron chi connectivity index (χ0n) is 23.4. The number of esters is 1. The lowest BCUT2D eigenvalue weighted by atomic mass is 10.1. The predicted octanol–water partition coefficient (Wildman–Crippen LogP) is 2.35. The molecule has 1 aromatic heterocycles. The Hall–Kier alpha value is -4.78. The zero-order valence-corrected chi connectivity index (χ0v) is 23.4. The molecule has 2 aliphatic heterocycles. The summed E-state index contributed by atoms with van der Waals surface area (Å²) < 4.78 is 15.5. The molecule has 0 unspecified atom stereocenters. The number of nitrogens with zero attached hydrogens (tertiary/aromatic N) is 3. The first-order valence-corrected chi connectivity index (χ1v) is 13.6. The van der Waals surface area contributed by atoms with Gasteiger partial charge in [-0.15, -0.1) is 0 Å². The number of carbonyl (C=O) groups excluding carboxylic acids is 4. The van der Waals surface area contributed by atoms with Crippen LogP contribution in [0.2, 0.25) is 0 Å². The highest BCUT2D eigenvalue weighted by atomic mass is 16.6. The van der Waals surface area contributed by atoms with Gasteiger partial charge in [0.2, 0.25) is 6.10 Å². The maximum Gasteiger partial charge on any atom is 0.439 e. The Balaban J connectivity index is 1.33. The van der Waals surface area contributed by atoms with Crippen molar-refractivity contribution in [1.29, 1.82) is 0 Å². The van der Waals surface area contributed by atoms with E-state index in [0.717, 1.165) is 19.8 Å². The van der Waals surface area contributed by atoms with Crippen molar-refractivity contribution < 1.29 is 33.2 Å². The van der Waals surface area contributed by atoms with E-state index in [1.807, 2.05) is 18.7 Å². The number of aromatic amines is 1. The first-order valence-electron chi connectivity index (χ1n) is 13.6. The van der Waals surface area contributed by atoms with E-state index in [-0.39, 0.29) is 37.0 Å². The molecule has 2 N–H and O–H groups in total. The SMILES string of the molecule is CC(=O)O[C@@H](C(=O)Nc1ccc(-c2noc(=O)[nH]2)cc1)[C@H]1OCCN(c2cccc(C(=O)N3[C@H](C)CC[C@H]3C)c2)C1=O. The van der Waals surface area contributed by atoms with Crippen LogP contribution in [0.5, 0.6) is 0 Å². The summed E-state index contributed by atoms with van der Waals surface area (Å²) in [5.41, 5.74) is 1.80. The summed E-state index contributed by atoms with van der Waals surface area (Å²) in [6.45, 7) is 5.44. The number of anilines is 2. The Morgan fingerprint density at radius 2 is 1.79 bits per heavy atom. The molecule has 2 aliphatic rings. The number of benzene rings is 2. The van der Waals surface area contributed by atoms with Crippen LogP contribution >= 0.6 is 0 Å². The number of nitrogens with one attached hydrogen (secondary N) is 2. The third-order valence-electron chi connectivity index (χ3n) is 7.41. The highest BCUT2D eigenvalue weighted by molar-refractivity contribution is 6.05. The quantitative estimate of drug-likeness (QED) is 0.401. The van der Waals surface area contributed by atoms with Crippen LogP contribution in [0, 0.1) is 0 Å². The van der Waals surface area contributed by atoms with E-state index in [9.17, 15) is 24.0 Å². The second kappa shape index (κ2) is 12.0. The third-order valence-corrected chi connectivity index (χ3v) is 7.41. The molecular weight excluding hydrogens is 546 g/mol. The Labute approximate surface area is 240 Å². The molecule has 3 amide bonds. The summed E-state index contributed by atoms with van der Waals surface area (Å²) in [4.78, 5) is 69.1. The van der Waals surface area contributed by atoms with E-state index in [1.165, 1.54) is 4.90 Å². The molecule has 0 radical (unpaired) electrons. The largest absolute Gasteiger partial charge is 0.449 e. The molecule has 0 saturated carbocycles. The number of morpholine rings is 1. The normalized spacial score (nSPS) is 21.2. The predicted molar refractivity (Wildman–Crippen MR) is 150 cm³/mol. The third kappa shape index (κ3) is 5.96. The number of H-pyrrole nitrogens is 1. The van der Waals surface area contributed by atoms with Crippen LogP contribution in [0.15, 0.2) is 57.8 Å². The van der Waals surface area contributed by atoms with Crippen LogP contribution in [-0.2, 0) is 23.9 Å². The number of carbonyl (C=O) groups is 4. The second-order valence-corrected chi connectivity index (χ2v) is 10.4. The van der Waals surface area contributed by atoms with Crippen LogP contribution in [0.1, 0.15) is 44.0 Å². The summed E-state index contributed by atoms with van der Waals surface area (Å²) in [5, 5.41) is 6.25. The summed E-state index contributed by atoms with van der Waals surface area (Å²) >= 11 is 0. The number of rotatable bonds is 7. The lowest BCUT2D eigenvalue weighted by Crippen LogP contribution is -2.56. The summed E-state index contributed by atoms with van der Waals surface area (Å²) in [6.07, 6.45) is -1.13. The molecule has 13 heteroatoms. The van der Waals surface area contributed by atoms with E-state index < -0.39 is 35.7 Å². The van der Waals surface area contributed by atoms with Crippen molar-refractivity contribution in [3.63, 3.8) is 0 Å². The lowest BCUT2D eigenvalue weighted by molar-refractivity contribution is -0.167. The molecule has 13 nitrogen and oxygen atoms in total. The average molecular weight is 578 g/mol.